The summed E-state index contributed by atoms with van der Waals surface area (Å²) in [5, 5.41) is 5.37. The molecule has 0 spiro atoms. The summed E-state index contributed by atoms with van der Waals surface area (Å²) in [5.41, 5.74) is 1.80. The van der Waals surface area contributed by atoms with Crippen LogP contribution in [0, 0.1) is 6.92 Å². The molecule has 2 rings (SSSR count). The summed E-state index contributed by atoms with van der Waals surface area (Å²) in [7, 11) is 0. The SMILES string of the molecule is Cc1cccc(N2N=C(CCl)OCC2=O)c1. The molecule has 0 saturated carbocycles. The molecule has 0 atom stereocenters. The molecule has 1 aromatic carbocycles. The third-order valence-electron chi connectivity index (χ3n) is 2.17. The maximum absolute atomic E-state index is 11.6. The Morgan fingerprint density at radius 3 is 3.06 bits per heavy atom. The molecular weight excluding hydrogens is 228 g/mol. The number of aryl methyl sites for hydroxylation is 1. The molecule has 0 radical (unpaired) electrons. The lowest BCUT2D eigenvalue weighted by Crippen LogP contribution is -2.37. The van der Waals surface area contributed by atoms with E-state index < -0.39 is 0 Å². The third kappa shape index (κ3) is 2.17. The van der Waals surface area contributed by atoms with Crippen LogP contribution in [0.2, 0.25) is 0 Å². The fraction of sp³-hybridized carbons (Fsp3) is 0.273. The number of anilines is 1. The fourth-order valence-electron chi connectivity index (χ4n) is 1.43. The van der Waals surface area contributed by atoms with Gasteiger partial charge in [0, 0.05) is 0 Å². The van der Waals surface area contributed by atoms with Crippen LogP contribution in [0.15, 0.2) is 29.4 Å². The van der Waals surface area contributed by atoms with Gasteiger partial charge in [0.05, 0.1) is 5.69 Å². The van der Waals surface area contributed by atoms with Crippen LogP contribution < -0.4 is 5.01 Å². The Kier molecular flexibility index (Phi) is 3.10. The minimum atomic E-state index is -0.195. The standard InChI is InChI=1S/C11H11ClN2O2/c1-8-3-2-4-9(5-8)14-11(15)7-16-10(6-12)13-14/h2-5H,6-7H2,1H3. The Bertz CT molecular complexity index is 445. The number of halogens is 1. The van der Waals surface area contributed by atoms with E-state index >= 15 is 0 Å². The minimum Gasteiger partial charge on any atom is -0.469 e. The Morgan fingerprint density at radius 1 is 1.56 bits per heavy atom. The van der Waals surface area contributed by atoms with Gasteiger partial charge < -0.3 is 4.74 Å². The van der Waals surface area contributed by atoms with Crippen LogP contribution in [0.5, 0.6) is 0 Å². The van der Waals surface area contributed by atoms with E-state index in [1.165, 1.54) is 5.01 Å². The van der Waals surface area contributed by atoms with Crippen molar-refractivity contribution in [1.82, 2.24) is 0 Å². The van der Waals surface area contributed by atoms with Crippen LogP contribution in [0.1, 0.15) is 5.56 Å². The molecule has 0 aliphatic carbocycles. The van der Waals surface area contributed by atoms with E-state index in [0.717, 1.165) is 11.3 Å². The molecule has 5 heteroatoms. The van der Waals surface area contributed by atoms with E-state index in [4.69, 9.17) is 16.3 Å². The van der Waals surface area contributed by atoms with Gasteiger partial charge in [-0.05, 0) is 24.6 Å². The molecule has 84 valence electrons. The summed E-state index contributed by atoms with van der Waals surface area (Å²) in [4.78, 5) is 11.6. The lowest BCUT2D eigenvalue weighted by Gasteiger charge is -2.23. The number of benzene rings is 1. The van der Waals surface area contributed by atoms with Crippen LogP contribution in [0.25, 0.3) is 0 Å². The molecule has 1 aromatic rings. The number of carbonyl (C=O) groups is 1. The van der Waals surface area contributed by atoms with Gasteiger partial charge in [0.15, 0.2) is 6.61 Å². The summed E-state index contributed by atoms with van der Waals surface area (Å²) in [5.74, 6) is 0.331. The van der Waals surface area contributed by atoms with E-state index in [2.05, 4.69) is 5.10 Å². The van der Waals surface area contributed by atoms with Gasteiger partial charge in [0.1, 0.15) is 5.88 Å². The highest BCUT2D eigenvalue weighted by Gasteiger charge is 2.22. The maximum atomic E-state index is 11.6. The van der Waals surface area contributed by atoms with Crippen molar-refractivity contribution in [3.05, 3.63) is 29.8 Å². The largest absolute Gasteiger partial charge is 0.469 e. The Balaban J connectivity index is 2.34. The van der Waals surface area contributed by atoms with Gasteiger partial charge >= 0.3 is 0 Å². The topological polar surface area (TPSA) is 41.9 Å². The number of hydrazone groups is 1. The summed E-state index contributed by atoms with van der Waals surface area (Å²) >= 11 is 5.62. The van der Waals surface area contributed by atoms with E-state index in [0.29, 0.717) is 5.90 Å². The van der Waals surface area contributed by atoms with Gasteiger partial charge in [0.2, 0.25) is 5.90 Å². The predicted octanol–water partition coefficient (Wildman–Crippen LogP) is 1.91. The summed E-state index contributed by atoms with van der Waals surface area (Å²) < 4.78 is 5.05. The van der Waals surface area contributed by atoms with E-state index in [9.17, 15) is 4.79 Å². The van der Waals surface area contributed by atoms with Crippen molar-refractivity contribution in [2.75, 3.05) is 17.5 Å². The first-order valence-electron chi connectivity index (χ1n) is 4.86. The van der Waals surface area contributed by atoms with Crippen LogP contribution in [-0.4, -0.2) is 24.3 Å². The molecule has 1 aliphatic rings. The second-order valence-corrected chi connectivity index (χ2v) is 3.73. The van der Waals surface area contributed by atoms with E-state index in [-0.39, 0.29) is 18.4 Å². The number of ether oxygens (including phenoxy) is 1. The molecule has 16 heavy (non-hydrogen) atoms. The smallest absolute Gasteiger partial charge is 0.285 e. The quantitative estimate of drug-likeness (QED) is 0.739. The highest BCUT2D eigenvalue weighted by Crippen LogP contribution is 2.18. The van der Waals surface area contributed by atoms with Crippen molar-refractivity contribution in [3.63, 3.8) is 0 Å². The van der Waals surface area contributed by atoms with Gasteiger partial charge in [-0.2, -0.15) is 5.01 Å². The van der Waals surface area contributed by atoms with Crippen molar-refractivity contribution >= 4 is 29.1 Å². The van der Waals surface area contributed by atoms with Gasteiger partial charge in [-0.25, -0.2) is 0 Å². The maximum Gasteiger partial charge on any atom is 0.285 e. The summed E-state index contributed by atoms with van der Waals surface area (Å²) in [6.45, 7) is 1.94. The zero-order valence-corrected chi connectivity index (χ0v) is 9.57. The third-order valence-corrected chi connectivity index (χ3v) is 2.40. The molecule has 1 heterocycles. The van der Waals surface area contributed by atoms with Crippen molar-refractivity contribution in [3.8, 4) is 0 Å². The van der Waals surface area contributed by atoms with Crippen molar-refractivity contribution < 1.29 is 9.53 Å². The summed E-state index contributed by atoms with van der Waals surface area (Å²) in [6, 6.07) is 7.55. The summed E-state index contributed by atoms with van der Waals surface area (Å²) in [6.07, 6.45) is 0. The van der Waals surface area contributed by atoms with Gasteiger partial charge in [-0.1, -0.05) is 12.1 Å². The minimum absolute atomic E-state index is 0.0144. The molecule has 1 aliphatic heterocycles. The van der Waals surface area contributed by atoms with Gasteiger partial charge in [-0.3, -0.25) is 4.79 Å². The average molecular weight is 239 g/mol. The predicted molar refractivity (Wildman–Crippen MR) is 62.8 cm³/mol. The van der Waals surface area contributed by atoms with Crippen LogP contribution >= 0.6 is 11.6 Å². The molecular formula is C11H11ClN2O2. The Hall–Kier alpha value is -1.55. The molecule has 0 unspecified atom stereocenters. The van der Waals surface area contributed by atoms with Crippen LogP contribution in [0.3, 0.4) is 0 Å². The molecule has 0 fully saturated rings. The first kappa shape index (κ1) is 11.0. The lowest BCUT2D eigenvalue weighted by molar-refractivity contribution is -0.121. The number of rotatable bonds is 2. The first-order chi connectivity index (χ1) is 7.70. The van der Waals surface area contributed by atoms with Crippen LogP contribution in [-0.2, 0) is 9.53 Å². The number of amides is 1. The van der Waals surface area contributed by atoms with E-state index in [1.54, 1.807) is 0 Å². The molecule has 0 N–H and O–H groups in total. The Morgan fingerprint density at radius 2 is 2.38 bits per heavy atom. The normalized spacial score (nSPS) is 15.8. The molecule has 1 amide bonds. The van der Waals surface area contributed by atoms with Gasteiger partial charge in [0.25, 0.3) is 5.91 Å². The van der Waals surface area contributed by atoms with E-state index in [1.807, 2.05) is 31.2 Å². The van der Waals surface area contributed by atoms with Crippen molar-refractivity contribution in [2.45, 2.75) is 6.92 Å². The molecule has 0 saturated heterocycles. The number of hydrogen-bond donors (Lipinski definition) is 0. The number of hydrogen-bond acceptors (Lipinski definition) is 3. The zero-order valence-electron chi connectivity index (χ0n) is 8.81. The van der Waals surface area contributed by atoms with Gasteiger partial charge in [-0.15, -0.1) is 16.7 Å². The molecule has 0 bridgehead atoms. The Labute approximate surface area is 98.5 Å². The second kappa shape index (κ2) is 4.53. The molecule has 0 aromatic heterocycles. The molecule has 4 nitrogen and oxygen atoms in total. The average Bonchev–Trinajstić information content (AvgIpc) is 2.30. The number of carbonyl (C=O) groups excluding carboxylic acids is 1. The number of nitrogens with zero attached hydrogens (tertiary/aromatic N) is 2. The van der Waals surface area contributed by atoms with Crippen LogP contribution in [0.4, 0.5) is 5.69 Å². The van der Waals surface area contributed by atoms with Crippen molar-refractivity contribution in [1.29, 1.82) is 0 Å². The first-order valence-corrected chi connectivity index (χ1v) is 5.40. The monoisotopic (exact) mass is 238 g/mol. The second-order valence-electron chi connectivity index (χ2n) is 3.46. The van der Waals surface area contributed by atoms with Crippen molar-refractivity contribution in [2.24, 2.45) is 5.10 Å². The fourth-order valence-corrected chi connectivity index (χ4v) is 1.56. The lowest BCUT2D eigenvalue weighted by atomic mass is 10.2. The highest BCUT2D eigenvalue weighted by molar-refractivity contribution is 6.27. The zero-order chi connectivity index (χ0) is 11.5. The highest BCUT2D eigenvalue weighted by atomic mass is 35.5. The number of alkyl halides is 1.